The highest BCUT2D eigenvalue weighted by molar-refractivity contribution is 5.77. The first kappa shape index (κ1) is 22.4. The van der Waals surface area contributed by atoms with Crippen LogP contribution in [0.1, 0.15) is 43.5 Å². The van der Waals surface area contributed by atoms with Gasteiger partial charge in [-0.05, 0) is 30.5 Å². The topological polar surface area (TPSA) is 85.6 Å². The summed E-state index contributed by atoms with van der Waals surface area (Å²) in [6, 6.07) is 5.64. The van der Waals surface area contributed by atoms with Gasteiger partial charge in [0.15, 0.2) is 17.3 Å². The van der Waals surface area contributed by atoms with Crippen LogP contribution in [0, 0.1) is 0 Å². The number of imidazole rings is 1. The first-order valence-corrected chi connectivity index (χ1v) is 10.6. The lowest BCUT2D eigenvalue weighted by Crippen LogP contribution is -2.49. The molecule has 2 heterocycles. The third kappa shape index (κ3) is 4.03. The highest BCUT2D eigenvalue weighted by Gasteiger charge is 2.58. The third-order valence-corrected chi connectivity index (χ3v) is 6.42. The minimum atomic E-state index is -5.07. The van der Waals surface area contributed by atoms with Gasteiger partial charge in [-0.25, -0.2) is 4.98 Å². The number of fused-ring (bicyclic) bond motifs is 1. The van der Waals surface area contributed by atoms with Crippen molar-refractivity contribution < 1.29 is 32.5 Å². The number of nitrogens with zero attached hydrogens (tertiary/aromatic N) is 2. The summed E-state index contributed by atoms with van der Waals surface area (Å²) < 4.78 is 53.5. The van der Waals surface area contributed by atoms with Crippen molar-refractivity contribution in [3.8, 4) is 11.5 Å². The molecule has 2 aromatic rings. The average Bonchev–Trinajstić information content (AvgIpc) is 3.41. The maximum Gasteiger partial charge on any atom is 0.425 e. The smallest absolute Gasteiger partial charge is 0.425 e. The van der Waals surface area contributed by atoms with E-state index in [2.05, 4.69) is 10.3 Å². The Hall–Kier alpha value is -2.75. The Labute approximate surface area is 183 Å². The number of benzene rings is 1. The second-order valence-corrected chi connectivity index (χ2v) is 8.52. The molecule has 32 heavy (non-hydrogen) atoms. The molecular formula is C22H26F3N3O4. The zero-order valence-corrected chi connectivity index (χ0v) is 17.7. The molecule has 2 N–H and O–H groups in total. The fourth-order valence-electron chi connectivity index (χ4n) is 4.63. The molecule has 1 amide bonds. The predicted molar refractivity (Wildman–Crippen MR) is 108 cm³/mol. The Bertz CT molecular complexity index is 985. The molecule has 2 aliphatic rings. The molecule has 1 fully saturated rings. The number of rotatable bonds is 6. The van der Waals surface area contributed by atoms with Crippen LogP contribution in [0.3, 0.4) is 0 Å². The van der Waals surface area contributed by atoms with E-state index in [0.29, 0.717) is 24.7 Å². The Balaban J connectivity index is 1.52. The summed E-state index contributed by atoms with van der Waals surface area (Å²) >= 11 is 0. The summed E-state index contributed by atoms with van der Waals surface area (Å²) in [7, 11) is 1.34. The SMILES string of the molecule is Cn1ccnc1C(O)(CC(=O)NCC1(c2ccc3c(c2)OCCO3)CCCC1)C(F)(F)F. The van der Waals surface area contributed by atoms with Crippen molar-refractivity contribution in [2.24, 2.45) is 7.05 Å². The van der Waals surface area contributed by atoms with Crippen LogP contribution in [-0.2, 0) is 22.9 Å². The molecule has 0 bridgehead atoms. The van der Waals surface area contributed by atoms with Crippen molar-refractivity contribution in [2.45, 2.75) is 49.3 Å². The molecule has 0 radical (unpaired) electrons. The number of alkyl halides is 3. The van der Waals surface area contributed by atoms with Crippen LogP contribution in [-0.4, -0.2) is 46.5 Å². The molecule has 1 unspecified atom stereocenters. The van der Waals surface area contributed by atoms with Crippen LogP contribution in [0.4, 0.5) is 13.2 Å². The van der Waals surface area contributed by atoms with Crippen LogP contribution < -0.4 is 14.8 Å². The van der Waals surface area contributed by atoms with E-state index < -0.39 is 35.3 Å². The van der Waals surface area contributed by atoms with E-state index in [9.17, 15) is 23.1 Å². The van der Waals surface area contributed by atoms with E-state index >= 15 is 0 Å². The first-order valence-electron chi connectivity index (χ1n) is 10.6. The number of aryl methyl sites for hydroxylation is 1. The first-order chi connectivity index (χ1) is 15.1. The number of amides is 1. The summed E-state index contributed by atoms with van der Waals surface area (Å²) in [5, 5.41) is 13.1. The zero-order chi connectivity index (χ0) is 23.0. The number of nitrogens with one attached hydrogen (secondary N) is 1. The Morgan fingerprint density at radius 3 is 2.53 bits per heavy atom. The summed E-state index contributed by atoms with van der Waals surface area (Å²) in [5.74, 6) is -0.228. The van der Waals surface area contributed by atoms with Crippen molar-refractivity contribution >= 4 is 5.91 Å². The third-order valence-electron chi connectivity index (χ3n) is 6.42. The molecule has 174 valence electrons. The Kier molecular flexibility index (Phi) is 5.83. The Morgan fingerprint density at radius 1 is 1.22 bits per heavy atom. The van der Waals surface area contributed by atoms with Crippen LogP contribution in [0.25, 0.3) is 0 Å². The maximum atomic E-state index is 13.7. The van der Waals surface area contributed by atoms with Gasteiger partial charge in [0.25, 0.3) is 0 Å². The van der Waals surface area contributed by atoms with E-state index in [4.69, 9.17) is 9.47 Å². The molecule has 0 spiro atoms. The summed E-state index contributed by atoms with van der Waals surface area (Å²) in [5.41, 5.74) is -2.84. The average molecular weight is 453 g/mol. The van der Waals surface area contributed by atoms with Gasteiger partial charge in [-0.15, -0.1) is 0 Å². The van der Waals surface area contributed by atoms with E-state index in [1.54, 1.807) is 0 Å². The molecule has 1 aromatic carbocycles. The second-order valence-electron chi connectivity index (χ2n) is 8.52. The van der Waals surface area contributed by atoms with Gasteiger partial charge in [-0.1, -0.05) is 18.9 Å². The van der Waals surface area contributed by atoms with E-state index in [0.717, 1.165) is 42.0 Å². The quantitative estimate of drug-likeness (QED) is 0.703. The molecule has 4 rings (SSSR count). The minimum absolute atomic E-state index is 0.167. The maximum absolute atomic E-state index is 13.7. The van der Waals surface area contributed by atoms with Crippen molar-refractivity contribution in [3.05, 3.63) is 42.0 Å². The molecule has 10 heteroatoms. The summed E-state index contributed by atoms with van der Waals surface area (Å²) in [6.07, 6.45) is -0.318. The van der Waals surface area contributed by atoms with Crippen molar-refractivity contribution in [2.75, 3.05) is 19.8 Å². The van der Waals surface area contributed by atoms with Gasteiger partial charge in [0, 0.05) is 31.4 Å². The number of hydrogen-bond acceptors (Lipinski definition) is 5. The van der Waals surface area contributed by atoms with Gasteiger partial charge in [-0.3, -0.25) is 4.79 Å². The van der Waals surface area contributed by atoms with Gasteiger partial charge in [0.2, 0.25) is 11.5 Å². The van der Waals surface area contributed by atoms with E-state index in [1.807, 2.05) is 18.2 Å². The number of carbonyl (C=O) groups is 1. The van der Waals surface area contributed by atoms with Crippen LogP contribution in [0.2, 0.25) is 0 Å². The van der Waals surface area contributed by atoms with Crippen LogP contribution >= 0.6 is 0 Å². The van der Waals surface area contributed by atoms with Gasteiger partial charge in [0.05, 0.1) is 6.42 Å². The molecule has 1 aromatic heterocycles. The minimum Gasteiger partial charge on any atom is -0.486 e. The van der Waals surface area contributed by atoms with Crippen LogP contribution in [0.15, 0.2) is 30.6 Å². The van der Waals surface area contributed by atoms with Gasteiger partial charge < -0.3 is 24.5 Å². The number of aromatic nitrogens is 2. The number of ether oxygens (including phenoxy) is 2. The number of aliphatic hydroxyl groups is 1. The monoisotopic (exact) mass is 453 g/mol. The van der Waals surface area contributed by atoms with Crippen molar-refractivity contribution in [1.29, 1.82) is 0 Å². The van der Waals surface area contributed by atoms with Gasteiger partial charge in [-0.2, -0.15) is 13.2 Å². The van der Waals surface area contributed by atoms with Gasteiger partial charge >= 0.3 is 6.18 Å². The standard InChI is InChI=1S/C22H26F3N3O4/c1-28-9-8-26-19(28)21(30,22(23,24)25)13-18(29)27-14-20(6-2-3-7-20)15-4-5-16-17(12-15)32-11-10-31-16/h4-5,8-9,12,30H,2-3,6-7,10-11,13-14H2,1H3,(H,27,29). The molecular weight excluding hydrogens is 427 g/mol. The van der Waals surface area contributed by atoms with Gasteiger partial charge in [0.1, 0.15) is 13.2 Å². The normalized spacial score (nSPS) is 19.4. The second kappa shape index (κ2) is 8.31. The molecule has 1 aliphatic heterocycles. The number of carbonyl (C=O) groups excluding carboxylic acids is 1. The van der Waals surface area contributed by atoms with E-state index in [1.165, 1.54) is 13.2 Å². The number of halogens is 3. The number of hydrogen-bond donors (Lipinski definition) is 2. The molecule has 7 nitrogen and oxygen atoms in total. The molecule has 1 atom stereocenters. The molecule has 1 saturated carbocycles. The summed E-state index contributed by atoms with van der Waals surface area (Å²) in [6.45, 7) is 1.09. The Morgan fingerprint density at radius 2 is 1.91 bits per heavy atom. The zero-order valence-electron chi connectivity index (χ0n) is 17.7. The fraction of sp³-hybridized carbons (Fsp3) is 0.545. The largest absolute Gasteiger partial charge is 0.486 e. The lowest BCUT2D eigenvalue weighted by molar-refractivity contribution is -0.271. The van der Waals surface area contributed by atoms with Crippen molar-refractivity contribution in [3.63, 3.8) is 0 Å². The highest BCUT2D eigenvalue weighted by Crippen LogP contribution is 2.44. The summed E-state index contributed by atoms with van der Waals surface area (Å²) in [4.78, 5) is 16.3. The lowest BCUT2D eigenvalue weighted by atomic mass is 9.78. The lowest BCUT2D eigenvalue weighted by Gasteiger charge is -2.33. The van der Waals surface area contributed by atoms with Crippen molar-refractivity contribution in [1.82, 2.24) is 14.9 Å². The van der Waals surface area contributed by atoms with E-state index in [-0.39, 0.29) is 6.54 Å². The predicted octanol–water partition coefficient (Wildman–Crippen LogP) is 2.96. The molecule has 1 aliphatic carbocycles. The fourth-order valence-corrected chi connectivity index (χ4v) is 4.63. The highest BCUT2D eigenvalue weighted by atomic mass is 19.4. The van der Waals surface area contributed by atoms with Crippen LogP contribution in [0.5, 0.6) is 11.5 Å². The molecule has 0 saturated heterocycles.